The lowest BCUT2D eigenvalue weighted by atomic mass is 10.1. The second-order valence-electron chi connectivity index (χ2n) is 8.15. The molecule has 30 heavy (non-hydrogen) atoms. The van der Waals surface area contributed by atoms with Gasteiger partial charge in [-0.3, -0.25) is 4.79 Å². The molecule has 7 heteroatoms. The van der Waals surface area contributed by atoms with Crippen LogP contribution in [0, 0.1) is 5.82 Å². The van der Waals surface area contributed by atoms with E-state index in [0.717, 1.165) is 55.3 Å². The maximum absolute atomic E-state index is 13.6. The van der Waals surface area contributed by atoms with Crippen molar-refractivity contribution in [3.05, 3.63) is 59.4 Å². The Bertz CT molecular complexity index is 834. The van der Waals surface area contributed by atoms with Crippen molar-refractivity contribution < 1.29 is 23.7 Å². The zero-order valence-corrected chi connectivity index (χ0v) is 18.1. The third kappa shape index (κ3) is 6.18. The fourth-order valence-corrected chi connectivity index (χ4v) is 3.87. The first-order valence-electron chi connectivity index (χ1n) is 10.5. The summed E-state index contributed by atoms with van der Waals surface area (Å²) in [6.07, 6.45) is 0. The molecule has 1 saturated heterocycles. The molecule has 1 fully saturated rings. The molecule has 0 aromatic heterocycles. The number of carbonyl (C=O) groups excluding carboxylic acids is 1. The molecule has 162 valence electrons. The third-order valence-electron chi connectivity index (χ3n) is 5.70. The molecule has 0 bridgehead atoms. The highest BCUT2D eigenvalue weighted by molar-refractivity contribution is 5.76. The standard InChI is InChI=1S/C23H31FN4O2/c1-26(2)21-7-4-18(5-8-21)15-25-23(29)17-28-12-10-27(11-13-28)16-19-14-20(24)6-9-22(19)30-3/h4-9,14H,10-13,15-17H2,1-3H3,(H,25,29)/p+2. The van der Waals surface area contributed by atoms with Crippen LogP contribution < -0.4 is 24.8 Å². The number of hydrogen-bond donors (Lipinski definition) is 3. The van der Waals surface area contributed by atoms with Gasteiger partial charge in [-0.2, -0.15) is 0 Å². The number of carbonyl (C=O) groups is 1. The van der Waals surface area contributed by atoms with E-state index in [0.29, 0.717) is 13.1 Å². The van der Waals surface area contributed by atoms with E-state index in [1.165, 1.54) is 15.9 Å². The van der Waals surface area contributed by atoms with E-state index in [2.05, 4.69) is 22.3 Å². The first-order chi connectivity index (χ1) is 14.4. The highest BCUT2D eigenvalue weighted by atomic mass is 19.1. The van der Waals surface area contributed by atoms with E-state index in [1.807, 2.05) is 26.2 Å². The lowest BCUT2D eigenvalue weighted by Gasteiger charge is -2.29. The summed E-state index contributed by atoms with van der Waals surface area (Å²) in [6.45, 7) is 5.55. The van der Waals surface area contributed by atoms with Crippen molar-refractivity contribution in [2.45, 2.75) is 13.1 Å². The van der Waals surface area contributed by atoms with Crippen molar-refractivity contribution in [1.29, 1.82) is 0 Å². The summed E-state index contributed by atoms with van der Waals surface area (Å²) in [5, 5.41) is 3.03. The van der Waals surface area contributed by atoms with Gasteiger partial charge in [-0.05, 0) is 35.9 Å². The zero-order valence-electron chi connectivity index (χ0n) is 18.1. The van der Waals surface area contributed by atoms with E-state index in [-0.39, 0.29) is 11.7 Å². The normalized spacial score (nSPS) is 18.7. The second kappa shape index (κ2) is 10.4. The van der Waals surface area contributed by atoms with Crippen LogP contribution in [0.15, 0.2) is 42.5 Å². The number of anilines is 1. The van der Waals surface area contributed by atoms with Crippen molar-refractivity contribution in [1.82, 2.24) is 5.32 Å². The summed E-state index contributed by atoms with van der Waals surface area (Å²) in [7, 11) is 5.63. The summed E-state index contributed by atoms with van der Waals surface area (Å²) in [5.74, 6) is 0.580. The second-order valence-corrected chi connectivity index (χ2v) is 8.15. The fourth-order valence-electron chi connectivity index (χ4n) is 3.87. The number of ether oxygens (including phenoxy) is 1. The summed E-state index contributed by atoms with van der Waals surface area (Å²) in [6, 6.07) is 12.9. The minimum atomic E-state index is -0.234. The predicted molar refractivity (Wildman–Crippen MR) is 116 cm³/mol. The van der Waals surface area contributed by atoms with Crippen LogP contribution in [0.2, 0.25) is 0 Å². The van der Waals surface area contributed by atoms with Crippen LogP contribution in [0.5, 0.6) is 5.75 Å². The highest BCUT2D eigenvalue weighted by Gasteiger charge is 2.25. The van der Waals surface area contributed by atoms with Gasteiger partial charge in [0.05, 0.1) is 12.7 Å². The van der Waals surface area contributed by atoms with E-state index < -0.39 is 0 Å². The summed E-state index contributed by atoms with van der Waals surface area (Å²) < 4.78 is 18.9. The average molecular weight is 417 g/mol. The Labute approximate surface area is 178 Å². The van der Waals surface area contributed by atoms with E-state index in [1.54, 1.807) is 19.2 Å². The number of amides is 1. The van der Waals surface area contributed by atoms with Crippen LogP contribution >= 0.6 is 0 Å². The van der Waals surface area contributed by atoms with Crippen LogP contribution in [-0.4, -0.2) is 59.8 Å². The zero-order chi connectivity index (χ0) is 21.5. The number of nitrogens with one attached hydrogen (secondary N) is 3. The molecule has 1 aliphatic heterocycles. The monoisotopic (exact) mass is 416 g/mol. The first-order valence-corrected chi connectivity index (χ1v) is 10.5. The van der Waals surface area contributed by atoms with Crippen molar-refractivity contribution >= 4 is 11.6 Å². The lowest BCUT2D eigenvalue weighted by Crippen LogP contribution is -3.28. The van der Waals surface area contributed by atoms with Crippen molar-refractivity contribution in [2.24, 2.45) is 0 Å². The Kier molecular flexibility index (Phi) is 7.65. The number of halogens is 1. The van der Waals surface area contributed by atoms with Crippen molar-refractivity contribution in [3.8, 4) is 5.75 Å². The Morgan fingerprint density at radius 3 is 2.37 bits per heavy atom. The molecule has 1 aliphatic rings. The Hall–Kier alpha value is -2.64. The molecule has 1 heterocycles. The molecule has 3 rings (SSSR count). The predicted octanol–water partition coefficient (Wildman–Crippen LogP) is -0.500. The molecule has 2 aromatic carbocycles. The molecule has 3 N–H and O–H groups in total. The van der Waals surface area contributed by atoms with Gasteiger partial charge in [-0.25, -0.2) is 4.39 Å². The number of rotatable bonds is 8. The molecule has 0 aliphatic carbocycles. The van der Waals surface area contributed by atoms with E-state index in [9.17, 15) is 9.18 Å². The number of piperazine rings is 1. The fraction of sp³-hybridized carbons (Fsp3) is 0.435. The number of hydrogen-bond acceptors (Lipinski definition) is 3. The maximum atomic E-state index is 13.6. The molecular formula is C23H33FN4O2+2. The van der Waals surface area contributed by atoms with Gasteiger partial charge in [0.25, 0.3) is 5.91 Å². The Morgan fingerprint density at radius 2 is 1.73 bits per heavy atom. The van der Waals surface area contributed by atoms with Gasteiger partial charge in [-0.15, -0.1) is 0 Å². The van der Waals surface area contributed by atoms with Gasteiger partial charge in [0.15, 0.2) is 6.54 Å². The third-order valence-corrected chi connectivity index (χ3v) is 5.70. The molecule has 1 amide bonds. The van der Waals surface area contributed by atoms with Crippen molar-refractivity contribution in [3.63, 3.8) is 0 Å². The molecule has 0 saturated carbocycles. The maximum Gasteiger partial charge on any atom is 0.275 e. The molecule has 0 unspecified atom stereocenters. The summed E-state index contributed by atoms with van der Waals surface area (Å²) >= 11 is 0. The van der Waals surface area contributed by atoms with Gasteiger partial charge in [0.1, 0.15) is 44.3 Å². The SMILES string of the molecule is COc1ccc(F)cc1C[NH+]1CC[NH+](CC(=O)NCc2ccc(N(C)C)cc2)CC1. The largest absolute Gasteiger partial charge is 0.496 e. The summed E-state index contributed by atoms with van der Waals surface area (Å²) in [4.78, 5) is 17.1. The van der Waals surface area contributed by atoms with Gasteiger partial charge in [0, 0.05) is 26.3 Å². The lowest BCUT2D eigenvalue weighted by molar-refractivity contribution is -1.02. The summed E-state index contributed by atoms with van der Waals surface area (Å²) in [5.41, 5.74) is 3.14. The van der Waals surface area contributed by atoms with E-state index in [4.69, 9.17) is 4.74 Å². The van der Waals surface area contributed by atoms with Crippen LogP contribution in [-0.2, 0) is 17.9 Å². The van der Waals surface area contributed by atoms with Crippen LogP contribution in [0.25, 0.3) is 0 Å². The molecule has 0 atom stereocenters. The minimum Gasteiger partial charge on any atom is -0.496 e. The Balaban J connectivity index is 1.41. The van der Waals surface area contributed by atoms with Gasteiger partial charge in [0.2, 0.25) is 0 Å². The highest BCUT2D eigenvalue weighted by Crippen LogP contribution is 2.18. The topological polar surface area (TPSA) is 50.5 Å². The quantitative estimate of drug-likeness (QED) is 0.544. The number of benzene rings is 2. The molecule has 0 spiro atoms. The Morgan fingerprint density at radius 1 is 1.07 bits per heavy atom. The van der Waals surface area contributed by atoms with Crippen LogP contribution in [0.3, 0.4) is 0 Å². The number of quaternary nitrogens is 2. The number of nitrogens with zero attached hydrogens (tertiary/aromatic N) is 1. The minimum absolute atomic E-state index is 0.0805. The van der Waals surface area contributed by atoms with Crippen molar-refractivity contribution in [2.75, 3.05) is 58.8 Å². The molecule has 2 aromatic rings. The van der Waals surface area contributed by atoms with E-state index >= 15 is 0 Å². The van der Waals surface area contributed by atoms with Crippen LogP contribution in [0.1, 0.15) is 11.1 Å². The molecule has 6 nitrogen and oxygen atoms in total. The van der Waals surface area contributed by atoms with Gasteiger partial charge < -0.3 is 24.8 Å². The van der Waals surface area contributed by atoms with Crippen LogP contribution in [0.4, 0.5) is 10.1 Å². The molecule has 0 radical (unpaired) electrons. The first kappa shape index (κ1) is 22.1. The number of methoxy groups -OCH3 is 1. The van der Waals surface area contributed by atoms with Gasteiger partial charge in [-0.1, -0.05) is 12.1 Å². The average Bonchev–Trinajstić information content (AvgIpc) is 2.74. The smallest absolute Gasteiger partial charge is 0.275 e. The molecular weight excluding hydrogens is 383 g/mol. The van der Waals surface area contributed by atoms with Gasteiger partial charge >= 0.3 is 0 Å².